The van der Waals surface area contributed by atoms with Crippen molar-refractivity contribution in [3.63, 3.8) is 0 Å². The summed E-state index contributed by atoms with van der Waals surface area (Å²) < 4.78 is 6.63. The Morgan fingerprint density at radius 3 is 2.90 bits per heavy atom. The molecule has 0 aliphatic heterocycles. The summed E-state index contributed by atoms with van der Waals surface area (Å²) in [5.74, 6) is 0.400. The van der Waals surface area contributed by atoms with Crippen molar-refractivity contribution in [3.05, 3.63) is 40.5 Å². The van der Waals surface area contributed by atoms with Crippen LogP contribution in [0.5, 0.6) is 0 Å². The maximum Gasteiger partial charge on any atom is 0.176 e. The molecule has 1 aromatic heterocycles. The van der Waals surface area contributed by atoms with Crippen LogP contribution in [-0.4, -0.2) is 22.8 Å². The molecule has 0 atom stereocenters. The molecule has 0 aliphatic rings. The molecule has 2 aromatic rings. The number of halogens is 1. The van der Waals surface area contributed by atoms with Crippen LogP contribution in [0, 0.1) is 11.3 Å². The van der Waals surface area contributed by atoms with Crippen molar-refractivity contribution in [2.75, 3.05) is 6.61 Å². The number of benzene rings is 1. The van der Waals surface area contributed by atoms with Gasteiger partial charge in [-0.25, -0.2) is 4.68 Å². The summed E-state index contributed by atoms with van der Waals surface area (Å²) in [7, 11) is 0. The second-order valence-electron chi connectivity index (χ2n) is 4.23. The lowest BCUT2D eigenvalue weighted by Crippen LogP contribution is -1.98. The first-order chi connectivity index (χ1) is 10.2. The molecule has 21 heavy (non-hydrogen) atoms. The number of nitriles is 1. The van der Waals surface area contributed by atoms with Crippen LogP contribution in [0.4, 0.5) is 5.82 Å². The van der Waals surface area contributed by atoms with Gasteiger partial charge >= 0.3 is 0 Å². The lowest BCUT2D eigenvalue weighted by molar-refractivity contribution is 0.343. The normalized spacial score (nSPS) is 10.8. The van der Waals surface area contributed by atoms with E-state index in [4.69, 9.17) is 21.6 Å². The van der Waals surface area contributed by atoms with Crippen molar-refractivity contribution in [2.45, 2.75) is 20.3 Å². The number of aromatic nitrogens is 2. The molecule has 108 valence electrons. The molecule has 0 saturated carbocycles. The zero-order valence-electron chi connectivity index (χ0n) is 11.9. The summed E-state index contributed by atoms with van der Waals surface area (Å²) in [4.78, 5) is 4.16. The number of hydrogen-bond acceptors (Lipinski definition) is 4. The van der Waals surface area contributed by atoms with E-state index in [1.165, 1.54) is 17.3 Å². The van der Waals surface area contributed by atoms with Gasteiger partial charge in [-0.15, -0.1) is 0 Å². The molecule has 0 fully saturated rings. The first-order valence-corrected chi connectivity index (χ1v) is 7.00. The molecule has 1 heterocycles. The average Bonchev–Trinajstić information content (AvgIpc) is 2.90. The summed E-state index contributed by atoms with van der Waals surface area (Å²) >= 11 is 6.30. The van der Waals surface area contributed by atoms with Crippen LogP contribution < -0.4 is 0 Å². The van der Waals surface area contributed by atoms with Crippen molar-refractivity contribution in [3.8, 4) is 11.8 Å². The Kier molecular flexibility index (Phi) is 4.96. The van der Waals surface area contributed by atoms with Crippen LogP contribution in [0.3, 0.4) is 0 Å². The molecule has 0 amide bonds. The SMILES string of the molecule is CCOC=Nc1c(C#N)cnn1-c1ccc(CC)cc1Cl. The molecule has 0 spiro atoms. The maximum atomic E-state index is 9.14. The van der Waals surface area contributed by atoms with E-state index in [0.717, 1.165) is 12.0 Å². The summed E-state index contributed by atoms with van der Waals surface area (Å²) in [6, 6.07) is 7.80. The molecule has 0 radical (unpaired) electrons. The highest BCUT2D eigenvalue weighted by atomic mass is 35.5. The Bertz CT molecular complexity index is 700. The van der Waals surface area contributed by atoms with Gasteiger partial charge in [0, 0.05) is 0 Å². The summed E-state index contributed by atoms with van der Waals surface area (Å²) in [5, 5.41) is 13.9. The number of rotatable bonds is 5. The Balaban J connectivity index is 2.49. The quantitative estimate of drug-likeness (QED) is 0.625. The molecule has 1 aromatic carbocycles. The van der Waals surface area contributed by atoms with E-state index < -0.39 is 0 Å². The van der Waals surface area contributed by atoms with Gasteiger partial charge in [-0.05, 0) is 31.0 Å². The number of aliphatic imine (C=N–C) groups is 1. The molecule has 0 bridgehead atoms. The monoisotopic (exact) mass is 302 g/mol. The van der Waals surface area contributed by atoms with Crippen LogP contribution in [0.15, 0.2) is 29.4 Å². The maximum absolute atomic E-state index is 9.14. The Morgan fingerprint density at radius 1 is 1.48 bits per heavy atom. The standard InChI is InChI=1S/C15H15ClN4O/c1-3-11-5-6-14(13(16)7-11)20-15(18-10-21-4-2)12(8-17)9-19-20/h5-7,9-10H,3-4H2,1-2H3. The fourth-order valence-electron chi connectivity index (χ4n) is 1.83. The highest BCUT2D eigenvalue weighted by molar-refractivity contribution is 6.32. The van der Waals surface area contributed by atoms with Crippen molar-refractivity contribution in [1.82, 2.24) is 9.78 Å². The number of nitrogens with zero attached hydrogens (tertiary/aromatic N) is 4. The minimum Gasteiger partial charge on any atom is -0.483 e. The second-order valence-corrected chi connectivity index (χ2v) is 4.64. The minimum absolute atomic E-state index is 0.363. The molecule has 5 nitrogen and oxygen atoms in total. The number of hydrogen-bond donors (Lipinski definition) is 0. The molecule has 0 unspecified atom stereocenters. The van der Waals surface area contributed by atoms with Gasteiger partial charge in [-0.3, -0.25) is 0 Å². The highest BCUT2D eigenvalue weighted by Crippen LogP contribution is 2.28. The van der Waals surface area contributed by atoms with Crippen LogP contribution in [0.1, 0.15) is 25.0 Å². The fraction of sp³-hybridized carbons (Fsp3) is 0.267. The molecule has 0 saturated heterocycles. The van der Waals surface area contributed by atoms with Crippen LogP contribution in [-0.2, 0) is 11.2 Å². The fourth-order valence-corrected chi connectivity index (χ4v) is 2.11. The third-order valence-electron chi connectivity index (χ3n) is 2.93. The van der Waals surface area contributed by atoms with Crippen molar-refractivity contribution < 1.29 is 4.74 Å². The van der Waals surface area contributed by atoms with Gasteiger partial charge in [0.15, 0.2) is 12.2 Å². The van der Waals surface area contributed by atoms with E-state index in [0.29, 0.717) is 28.7 Å². The molecular formula is C15H15ClN4O. The van der Waals surface area contributed by atoms with Gasteiger partial charge in [-0.2, -0.15) is 15.4 Å². The third-order valence-corrected chi connectivity index (χ3v) is 3.23. The van der Waals surface area contributed by atoms with Gasteiger partial charge in [0.25, 0.3) is 0 Å². The second kappa shape index (κ2) is 6.91. The van der Waals surface area contributed by atoms with E-state index in [1.807, 2.05) is 25.1 Å². The highest BCUT2D eigenvalue weighted by Gasteiger charge is 2.13. The van der Waals surface area contributed by atoms with E-state index in [1.54, 1.807) is 0 Å². The van der Waals surface area contributed by atoms with Gasteiger partial charge in [0.1, 0.15) is 11.6 Å². The topological polar surface area (TPSA) is 63.2 Å². The average molecular weight is 303 g/mol. The Morgan fingerprint density at radius 2 is 2.29 bits per heavy atom. The van der Waals surface area contributed by atoms with E-state index >= 15 is 0 Å². The zero-order valence-corrected chi connectivity index (χ0v) is 12.6. The van der Waals surface area contributed by atoms with Gasteiger partial charge in [0.2, 0.25) is 0 Å². The van der Waals surface area contributed by atoms with E-state index in [-0.39, 0.29) is 0 Å². The molecule has 0 aliphatic carbocycles. The number of ether oxygens (including phenoxy) is 1. The van der Waals surface area contributed by atoms with Crippen LogP contribution in [0.2, 0.25) is 5.02 Å². The third kappa shape index (κ3) is 3.23. The van der Waals surface area contributed by atoms with Gasteiger partial charge in [-0.1, -0.05) is 24.6 Å². The largest absolute Gasteiger partial charge is 0.483 e. The summed E-state index contributed by atoms with van der Waals surface area (Å²) in [6.45, 7) is 4.42. The van der Waals surface area contributed by atoms with Crippen molar-refractivity contribution >= 4 is 23.8 Å². The number of aryl methyl sites for hydroxylation is 1. The lowest BCUT2D eigenvalue weighted by atomic mass is 10.1. The lowest BCUT2D eigenvalue weighted by Gasteiger charge is -2.08. The van der Waals surface area contributed by atoms with E-state index in [2.05, 4.69) is 23.1 Å². The molecular weight excluding hydrogens is 288 g/mol. The molecule has 0 N–H and O–H groups in total. The Hall–Kier alpha value is -2.32. The minimum atomic E-state index is 0.363. The smallest absolute Gasteiger partial charge is 0.176 e. The summed E-state index contributed by atoms with van der Waals surface area (Å²) in [5.41, 5.74) is 2.18. The first kappa shape index (κ1) is 15.1. The van der Waals surface area contributed by atoms with Crippen LogP contribution >= 0.6 is 11.6 Å². The van der Waals surface area contributed by atoms with Crippen molar-refractivity contribution in [2.24, 2.45) is 4.99 Å². The van der Waals surface area contributed by atoms with E-state index in [9.17, 15) is 0 Å². The van der Waals surface area contributed by atoms with Crippen LogP contribution in [0.25, 0.3) is 5.69 Å². The van der Waals surface area contributed by atoms with Gasteiger partial charge < -0.3 is 4.74 Å². The molecule has 6 heteroatoms. The first-order valence-electron chi connectivity index (χ1n) is 6.62. The predicted molar refractivity (Wildman–Crippen MR) is 82.4 cm³/mol. The molecule has 2 rings (SSSR count). The zero-order chi connectivity index (χ0) is 15.2. The summed E-state index contributed by atoms with van der Waals surface area (Å²) in [6.07, 6.45) is 3.67. The van der Waals surface area contributed by atoms with Gasteiger partial charge in [0.05, 0.1) is 23.5 Å². The predicted octanol–water partition coefficient (Wildman–Crippen LogP) is 3.66. The Labute approximate surface area is 128 Å². The van der Waals surface area contributed by atoms with Crippen molar-refractivity contribution in [1.29, 1.82) is 5.26 Å².